The van der Waals surface area contributed by atoms with Crippen LogP contribution < -0.4 is 16.1 Å². The largest absolute Gasteiger partial charge is 0.394 e. The van der Waals surface area contributed by atoms with Crippen molar-refractivity contribution in [3.8, 4) is 0 Å². The summed E-state index contributed by atoms with van der Waals surface area (Å²) in [7, 11) is 5.59. The van der Waals surface area contributed by atoms with Gasteiger partial charge in [-0.1, -0.05) is 0 Å². The maximum Gasteiger partial charge on any atom is 0.332 e. The zero-order chi connectivity index (χ0) is 17.1. The van der Waals surface area contributed by atoms with Crippen molar-refractivity contribution < 1.29 is 15.1 Å². The third-order valence-electron chi connectivity index (χ3n) is 3.78. The lowest BCUT2D eigenvalue weighted by Gasteiger charge is -2.12. The molecule has 0 aliphatic heterocycles. The molecule has 0 fully saturated rings. The quantitative estimate of drug-likeness (QED) is 0.496. The van der Waals surface area contributed by atoms with Gasteiger partial charge in [-0.2, -0.15) is 0 Å². The van der Waals surface area contributed by atoms with E-state index in [1.54, 1.807) is 7.05 Å². The first-order chi connectivity index (χ1) is 10.9. The van der Waals surface area contributed by atoms with Crippen molar-refractivity contribution in [1.29, 1.82) is 0 Å². The fourth-order valence-electron chi connectivity index (χ4n) is 2.53. The van der Waals surface area contributed by atoms with Gasteiger partial charge < -0.3 is 19.7 Å². The summed E-state index contributed by atoms with van der Waals surface area (Å²) in [5.74, 6) is 0. The van der Waals surface area contributed by atoms with Crippen molar-refractivity contribution in [3.05, 3.63) is 27.2 Å². The summed E-state index contributed by atoms with van der Waals surface area (Å²) in [6, 6.07) is 0. The molecule has 0 bridgehead atoms. The highest BCUT2D eigenvalue weighted by Gasteiger charge is 2.17. The molecule has 0 spiro atoms. The molecule has 9 heteroatoms. The van der Waals surface area contributed by atoms with Gasteiger partial charge in [-0.15, -0.1) is 0 Å². The van der Waals surface area contributed by atoms with Gasteiger partial charge in [-0.3, -0.25) is 13.9 Å². The number of hydrogen-bond donors (Lipinski definition) is 3. The van der Waals surface area contributed by atoms with Crippen molar-refractivity contribution in [2.24, 2.45) is 7.05 Å². The zero-order valence-corrected chi connectivity index (χ0v) is 13.7. The summed E-state index contributed by atoms with van der Waals surface area (Å²) >= 11 is 0. The first kappa shape index (κ1) is 17.4. The van der Waals surface area contributed by atoms with E-state index in [2.05, 4.69) is 4.98 Å². The number of nitrogens with zero attached hydrogens (tertiary/aromatic N) is 4. The van der Waals surface area contributed by atoms with Crippen LogP contribution >= 0.6 is 0 Å². The first-order valence-electron chi connectivity index (χ1n) is 7.59. The molecule has 0 unspecified atom stereocenters. The number of aliphatic hydroxyl groups excluding tert-OH is 2. The minimum atomic E-state index is -0.991. The molecular formula is C14H24N5O4+. The van der Waals surface area contributed by atoms with Crippen LogP contribution in [0, 0.1) is 0 Å². The van der Waals surface area contributed by atoms with Crippen LogP contribution in [-0.4, -0.2) is 62.2 Å². The Morgan fingerprint density at radius 3 is 2.65 bits per heavy atom. The minimum Gasteiger partial charge on any atom is -0.394 e. The molecule has 2 aromatic heterocycles. The highest BCUT2D eigenvalue weighted by atomic mass is 16.3. The molecule has 0 radical (unpaired) electrons. The molecule has 1 atom stereocenters. The maximum atomic E-state index is 12.7. The number of imidazole rings is 1. The monoisotopic (exact) mass is 326 g/mol. The van der Waals surface area contributed by atoms with Gasteiger partial charge in [0.25, 0.3) is 5.56 Å². The fraction of sp³-hybridized carbons (Fsp3) is 0.643. The highest BCUT2D eigenvalue weighted by molar-refractivity contribution is 5.69. The molecule has 0 aromatic carbocycles. The topological polar surface area (TPSA) is 107 Å². The van der Waals surface area contributed by atoms with Gasteiger partial charge in [0.1, 0.15) is 0 Å². The smallest absolute Gasteiger partial charge is 0.332 e. The SMILES string of the molecule is Cn1c(=O)n(CCC[NH+](C)C)c(=O)c2c1ncn2C[C@@H](O)CO. The van der Waals surface area contributed by atoms with Crippen LogP contribution in [0.5, 0.6) is 0 Å². The molecule has 0 aliphatic carbocycles. The Morgan fingerprint density at radius 1 is 1.35 bits per heavy atom. The van der Waals surface area contributed by atoms with Crippen molar-refractivity contribution in [1.82, 2.24) is 18.7 Å². The van der Waals surface area contributed by atoms with Crippen LogP contribution in [0.1, 0.15) is 6.42 Å². The number of aryl methyl sites for hydroxylation is 1. The molecule has 0 saturated carbocycles. The van der Waals surface area contributed by atoms with Crippen LogP contribution in [0.15, 0.2) is 15.9 Å². The van der Waals surface area contributed by atoms with Crippen LogP contribution in [0.2, 0.25) is 0 Å². The maximum absolute atomic E-state index is 12.7. The number of hydrogen-bond acceptors (Lipinski definition) is 5. The van der Waals surface area contributed by atoms with Gasteiger partial charge in [-0.05, 0) is 0 Å². The number of nitrogens with one attached hydrogen (secondary N) is 1. The van der Waals surface area contributed by atoms with Crippen LogP contribution in [-0.2, 0) is 20.1 Å². The Bertz CT molecular complexity index is 789. The molecule has 0 amide bonds. The van der Waals surface area contributed by atoms with E-state index in [1.807, 2.05) is 14.1 Å². The van der Waals surface area contributed by atoms with Crippen molar-refractivity contribution in [2.75, 3.05) is 27.2 Å². The van der Waals surface area contributed by atoms with E-state index in [4.69, 9.17) is 5.11 Å². The van der Waals surface area contributed by atoms with E-state index in [9.17, 15) is 14.7 Å². The van der Waals surface area contributed by atoms with Gasteiger partial charge in [-0.25, -0.2) is 9.78 Å². The van der Waals surface area contributed by atoms with Crippen LogP contribution in [0.25, 0.3) is 11.2 Å². The number of rotatable bonds is 7. The summed E-state index contributed by atoms with van der Waals surface area (Å²) < 4.78 is 4.02. The molecule has 0 saturated heterocycles. The lowest BCUT2D eigenvalue weighted by molar-refractivity contribution is -0.858. The third kappa shape index (κ3) is 3.52. The number of aliphatic hydroxyl groups is 2. The van der Waals surface area contributed by atoms with Crippen LogP contribution in [0.3, 0.4) is 0 Å². The Hall–Kier alpha value is -1.97. The number of fused-ring (bicyclic) bond motifs is 1. The molecule has 128 valence electrons. The van der Waals surface area contributed by atoms with E-state index in [1.165, 1.54) is 24.9 Å². The lowest BCUT2D eigenvalue weighted by atomic mass is 10.3. The molecule has 0 aliphatic rings. The molecular weight excluding hydrogens is 302 g/mol. The van der Waals surface area contributed by atoms with Gasteiger partial charge in [0.2, 0.25) is 0 Å². The predicted molar refractivity (Wildman–Crippen MR) is 84.6 cm³/mol. The summed E-state index contributed by atoms with van der Waals surface area (Å²) in [5.41, 5.74) is -0.278. The third-order valence-corrected chi connectivity index (χ3v) is 3.78. The zero-order valence-electron chi connectivity index (χ0n) is 13.7. The van der Waals surface area contributed by atoms with Crippen molar-refractivity contribution in [2.45, 2.75) is 25.6 Å². The Balaban J connectivity index is 2.49. The average molecular weight is 326 g/mol. The number of quaternary nitrogens is 1. The van der Waals surface area contributed by atoms with Crippen LogP contribution in [0.4, 0.5) is 0 Å². The summed E-state index contributed by atoms with van der Waals surface area (Å²) in [6.07, 6.45) is 1.12. The fourth-order valence-corrected chi connectivity index (χ4v) is 2.53. The Morgan fingerprint density at radius 2 is 2.04 bits per heavy atom. The second-order valence-electron chi connectivity index (χ2n) is 6.01. The molecule has 2 rings (SSSR count). The van der Waals surface area contributed by atoms with Crippen molar-refractivity contribution >= 4 is 11.2 Å². The van der Waals surface area contributed by atoms with Gasteiger partial charge in [0.05, 0.1) is 46.2 Å². The molecule has 9 nitrogen and oxygen atoms in total. The number of aromatic nitrogens is 4. The highest BCUT2D eigenvalue weighted by Crippen LogP contribution is 2.06. The average Bonchev–Trinajstić information content (AvgIpc) is 2.92. The molecule has 23 heavy (non-hydrogen) atoms. The second kappa shape index (κ2) is 7.07. The molecule has 2 aromatic rings. The van der Waals surface area contributed by atoms with E-state index >= 15 is 0 Å². The summed E-state index contributed by atoms with van der Waals surface area (Å²) in [5, 5.41) is 18.6. The van der Waals surface area contributed by atoms with Gasteiger partial charge in [0, 0.05) is 20.0 Å². The summed E-state index contributed by atoms with van der Waals surface area (Å²) in [6.45, 7) is 0.810. The summed E-state index contributed by atoms with van der Waals surface area (Å²) in [4.78, 5) is 30.3. The van der Waals surface area contributed by atoms with E-state index in [0.29, 0.717) is 13.0 Å². The van der Waals surface area contributed by atoms with Gasteiger partial charge >= 0.3 is 5.69 Å². The standard InChI is InChI=1S/C14H23N5O4/c1-16(2)5-4-6-19-13(22)11-12(17(3)14(19)23)15-9-18(11)7-10(21)8-20/h9-10,20-21H,4-8H2,1-3H3/p+1/t10-/m1/s1. The minimum absolute atomic E-state index is 0.0439. The predicted octanol–water partition coefficient (Wildman–Crippen LogP) is -3.22. The second-order valence-corrected chi connectivity index (χ2v) is 6.01. The van der Waals surface area contributed by atoms with E-state index < -0.39 is 24.0 Å². The Labute approximate surface area is 133 Å². The normalized spacial score (nSPS) is 13.1. The first-order valence-corrected chi connectivity index (χ1v) is 7.59. The Kier molecular flexibility index (Phi) is 5.34. The van der Waals surface area contributed by atoms with E-state index in [0.717, 1.165) is 6.54 Å². The molecule has 3 N–H and O–H groups in total. The lowest BCUT2D eigenvalue weighted by Crippen LogP contribution is -3.05. The molecule has 2 heterocycles. The van der Waals surface area contributed by atoms with Crippen molar-refractivity contribution in [3.63, 3.8) is 0 Å². The van der Waals surface area contributed by atoms with Gasteiger partial charge in [0.15, 0.2) is 11.2 Å². The van der Waals surface area contributed by atoms with E-state index in [-0.39, 0.29) is 17.7 Å².